The van der Waals surface area contributed by atoms with Crippen LogP contribution in [0.2, 0.25) is 0 Å². The Balaban J connectivity index is 1.72. The number of ether oxygens (including phenoxy) is 1. The van der Waals surface area contributed by atoms with Gasteiger partial charge < -0.3 is 19.2 Å². The smallest absolute Gasteiger partial charge is 0.142 e. The van der Waals surface area contributed by atoms with Crippen molar-refractivity contribution >= 4 is 32.8 Å². The predicted octanol–water partition coefficient (Wildman–Crippen LogP) is 5.55. The number of aryl methyl sites for hydroxylation is 4. The van der Waals surface area contributed by atoms with E-state index in [1.54, 1.807) is 13.3 Å². The third-order valence-corrected chi connectivity index (χ3v) is 6.21. The van der Waals surface area contributed by atoms with E-state index in [2.05, 4.69) is 33.1 Å². The Morgan fingerprint density at radius 3 is 2.55 bits per heavy atom. The molecule has 0 aliphatic carbocycles. The predicted molar refractivity (Wildman–Crippen MR) is 127 cm³/mol. The fraction of sp³-hybridized carbons (Fsp3) is 0.200. The van der Waals surface area contributed by atoms with Crippen molar-refractivity contribution in [1.29, 1.82) is 0 Å². The molecule has 6 aromatic rings. The summed E-state index contributed by atoms with van der Waals surface area (Å²) >= 11 is 0. The highest BCUT2D eigenvalue weighted by atomic mass is 16.5. The summed E-state index contributed by atoms with van der Waals surface area (Å²) in [4.78, 5) is 20.8. The van der Waals surface area contributed by atoms with E-state index in [1.165, 1.54) is 0 Å². The maximum absolute atomic E-state index is 5.82. The number of nitrogens with one attached hydrogen (secondary N) is 2. The van der Waals surface area contributed by atoms with E-state index in [1.807, 2.05) is 39.1 Å². The molecule has 8 nitrogen and oxygen atoms in total. The Morgan fingerprint density at radius 2 is 1.79 bits per heavy atom. The minimum absolute atomic E-state index is 0.699. The average molecular weight is 438 g/mol. The lowest BCUT2D eigenvalue weighted by atomic mass is 9.99. The van der Waals surface area contributed by atoms with Crippen molar-refractivity contribution in [2.24, 2.45) is 0 Å². The molecular formula is C25H22N6O2. The minimum atomic E-state index is 0.699. The second kappa shape index (κ2) is 6.90. The van der Waals surface area contributed by atoms with Crippen molar-refractivity contribution in [3.8, 4) is 28.1 Å². The van der Waals surface area contributed by atoms with E-state index in [9.17, 15) is 0 Å². The highest BCUT2D eigenvalue weighted by molar-refractivity contribution is 6.16. The van der Waals surface area contributed by atoms with Crippen LogP contribution in [0.25, 0.3) is 55.2 Å². The molecule has 0 atom stereocenters. The molecule has 0 aliphatic heterocycles. The van der Waals surface area contributed by atoms with Crippen LogP contribution in [-0.2, 0) is 0 Å². The Bertz CT molecular complexity index is 1690. The number of aromatic nitrogens is 6. The standard InChI is InChI=1S/C25H22N6O2/c1-11-22(15-6-7-26-10-19(15)27-11)24-23-16-9-20(32-5)17(21-12(2)31-33-13(21)3)8-18(16)30-25(23)29-14(4)28-24/h6-10,27H,1-5H3,(H,28,29,30). The van der Waals surface area contributed by atoms with Gasteiger partial charge in [0.2, 0.25) is 0 Å². The van der Waals surface area contributed by atoms with Gasteiger partial charge in [0.25, 0.3) is 0 Å². The highest BCUT2D eigenvalue weighted by Crippen LogP contribution is 2.42. The van der Waals surface area contributed by atoms with E-state index in [0.29, 0.717) is 5.82 Å². The molecule has 0 amide bonds. The monoisotopic (exact) mass is 438 g/mol. The van der Waals surface area contributed by atoms with E-state index in [-0.39, 0.29) is 0 Å². The number of H-pyrrole nitrogens is 2. The summed E-state index contributed by atoms with van der Waals surface area (Å²) in [5.41, 5.74) is 8.36. The molecule has 8 heteroatoms. The molecule has 0 aliphatic rings. The topological polar surface area (TPSA) is 106 Å². The summed E-state index contributed by atoms with van der Waals surface area (Å²) in [6, 6.07) is 6.14. The summed E-state index contributed by atoms with van der Waals surface area (Å²) in [5.74, 6) is 2.19. The number of methoxy groups -OCH3 is 1. The highest BCUT2D eigenvalue weighted by Gasteiger charge is 2.22. The Morgan fingerprint density at radius 1 is 0.939 bits per heavy atom. The fourth-order valence-corrected chi connectivity index (χ4v) is 4.83. The molecule has 0 saturated heterocycles. The summed E-state index contributed by atoms with van der Waals surface area (Å²) in [6.07, 6.45) is 3.64. The van der Waals surface area contributed by atoms with Crippen LogP contribution >= 0.6 is 0 Å². The second-order valence-electron chi connectivity index (χ2n) is 8.31. The van der Waals surface area contributed by atoms with Crippen molar-refractivity contribution in [2.45, 2.75) is 27.7 Å². The van der Waals surface area contributed by atoms with Crippen molar-refractivity contribution in [3.63, 3.8) is 0 Å². The van der Waals surface area contributed by atoms with Gasteiger partial charge in [0.15, 0.2) is 0 Å². The van der Waals surface area contributed by atoms with E-state index < -0.39 is 0 Å². The van der Waals surface area contributed by atoms with Gasteiger partial charge in [-0.1, -0.05) is 5.16 Å². The van der Waals surface area contributed by atoms with Crippen molar-refractivity contribution < 1.29 is 9.26 Å². The van der Waals surface area contributed by atoms with Crippen LogP contribution < -0.4 is 4.74 Å². The molecule has 5 heterocycles. The first-order chi connectivity index (χ1) is 16.0. The lowest BCUT2D eigenvalue weighted by molar-refractivity contribution is 0.393. The van der Waals surface area contributed by atoms with Gasteiger partial charge in [0.1, 0.15) is 23.0 Å². The number of hydrogen-bond donors (Lipinski definition) is 2. The number of rotatable bonds is 3. The van der Waals surface area contributed by atoms with Gasteiger partial charge in [0, 0.05) is 39.3 Å². The largest absolute Gasteiger partial charge is 0.496 e. The molecule has 1 aromatic carbocycles. The quantitative estimate of drug-likeness (QED) is 0.375. The molecular weight excluding hydrogens is 416 g/mol. The normalized spacial score (nSPS) is 11.8. The minimum Gasteiger partial charge on any atom is -0.496 e. The van der Waals surface area contributed by atoms with Crippen LogP contribution in [-0.4, -0.2) is 37.2 Å². The Kier molecular flexibility index (Phi) is 4.07. The average Bonchev–Trinajstić information content (AvgIpc) is 3.43. The van der Waals surface area contributed by atoms with Crippen LogP contribution in [0, 0.1) is 27.7 Å². The molecule has 2 N–H and O–H groups in total. The van der Waals surface area contributed by atoms with Crippen LogP contribution in [0.4, 0.5) is 0 Å². The molecule has 0 bridgehead atoms. The third kappa shape index (κ3) is 2.77. The summed E-state index contributed by atoms with van der Waals surface area (Å²) < 4.78 is 11.2. The lowest BCUT2D eigenvalue weighted by Gasteiger charge is -2.10. The molecule has 0 fully saturated rings. The zero-order valence-corrected chi connectivity index (χ0v) is 19.0. The molecule has 0 unspecified atom stereocenters. The number of pyridine rings is 1. The number of hydrogen-bond acceptors (Lipinski definition) is 6. The van der Waals surface area contributed by atoms with Crippen LogP contribution in [0.15, 0.2) is 35.1 Å². The van der Waals surface area contributed by atoms with Gasteiger partial charge in [-0.25, -0.2) is 9.97 Å². The number of aromatic amines is 2. The van der Waals surface area contributed by atoms with E-state index in [0.717, 1.165) is 78.1 Å². The van der Waals surface area contributed by atoms with Gasteiger partial charge in [-0.3, -0.25) is 4.98 Å². The van der Waals surface area contributed by atoms with Gasteiger partial charge in [-0.2, -0.15) is 0 Å². The first-order valence-corrected chi connectivity index (χ1v) is 10.7. The van der Waals surface area contributed by atoms with Gasteiger partial charge in [0.05, 0.1) is 41.2 Å². The first-order valence-electron chi connectivity index (χ1n) is 10.7. The zero-order valence-electron chi connectivity index (χ0n) is 19.0. The number of fused-ring (bicyclic) bond motifs is 4. The maximum Gasteiger partial charge on any atom is 0.142 e. The molecule has 5 aromatic heterocycles. The van der Waals surface area contributed by atoms with Gasteiger partial charge in [-0.05, 0) is 45.9 Å². The van der Waals surface area contributed by atoms with Crippen molar-refractivity contribution in [3.05, 3.63) is 53.6 Å². The summed E-state index contributed by atoms with van der Waals surface area (Å²) in [5, 5.41) is 7.15. The van der Waals surface area contributed by atoms with Gasteiger partial charge in [-0.15, -0.1) is 0 Å². The third-order valence-electron chi connectivity index (χ3n) is 6.21. The fourth-order valence-electron chi connectivity index (χ4n) is 4.83. The maximum atomic E-state index is 5.82. The SMILES string of the molecule is COc1cc2c(cc1-c1c(C)noc1C)[nH]c1nc(C)nc(-c3c(C)[nH]c4cnccc34)c12. The number of benzene rings is 1. The van der Waals surface area contributed by atoms with Crippen molar-refractivity contribution in [1.82, 2.24) is 30.1 Å². The summed E-state index contributed by atoms with van der Waals surface area (Å²) in [6.45, 7) is 7.81. The molecule has 33 heavy (non-hydrogen) atoms. The van der Waals surface area contributed by atoms with Gasteiger partial charge >= 0.3 is 0 Å². The molecule has 164 valence electrons. The van der Waals surface area contributed by atoms with E-state index >= 15 is 0 Å². The molecule has 0 spiro atoms. The number of nitrogens with zero attached hydrogens (tertiary/aromatic N) is 4. The second-order valence-corrected chi connectivity index (χ2v) is 8.31. The molecule has 0 radical (unpaired) electrons. The first kappa shape index (κ1) is 19.5. The Hall–Kier alpha value is -4.20. The summed E-state index contributed by atoms with van der Waals surface area (Å²) in [7, 11) is 1.68. The van der Waals surface area contributed by atoms with Crippen molar-refractivity contribution in [2.75, 3.05) is 7.11 Å². The lowest BCUT2D eigenvalue weighted by Crippen LogP contribution is -1.94. The Labute approximate surface area is 189 Å². The van der Waals surface area contributed by atoms with E-state index in [4.69, 9.17) is 19.2 Å². The molecule has 0 saturated carbocycles. The van der Waals surface area contributed by atoms with Crippen LogP contribution in [0.1, 0.15) is 23.0 Å². The van der Waals surface area contributed by atoms with Crippen LogP contribution in [0.5, 0.6) is 5.75 Å². The zero-order chi connectivity index (χ0) is 22.9. The molecule has 6 rings (SSSR count). The van der Waals surface area contributed by atoms with Crippen LogP contribution in [0.3, 0.4) is 0 Å².